The van der Waals surface area contributed by atoms with Gasteiger partial charge in [0.25, 0.3) is 5.56 Å². The molecule has 1 aliphatic rings. The van der Waals surface area contributed by atoms with Gasteiger partial charge < -0.3 is 4.74 Å². The summed E-state index contributed by atoms with van der Waals surface area (Å²) in [6.07, 6.45) is 8.05. The van der Waals surface area contributed by atoms with Crippen molar-refractivity contribution < 1.29 is 4.74 Å². The number of pyridine rings is 1. The van der Waals surface area contributed by atoms with Crippen LogP contribution in [0.3, 0.4) is 0 Å². The van der Waals surface area contributed by atoms with E-state index in [0.29, 0.717) is 18.6 Å². The first-order valence-electron chi connectivity index (χ1n) is 10.2. The van der Waals surface area contributed by atoms with Crippen LogP contribution in [0.25, 0.3) is 21.7 Å². The van der Waals surface area contributed by atoms with Gasteiger partial charge >= 0.3 is 0 Å². The van der Waals surface area contributed by atoms with Crippen LogP contribution in [0.1, 0.15) is 30.0 Å². The Kier molecular flexibility index (Phi) is 5.27. The van der Waals surface area contributed by atoms with E-state index >= 15 is 0 Å². The highest BCUT2D eigenvalue weighted by Crippen LogP contribution is 2.29. The third-order valence-corrected chi connectivity index (χ3v) is 6.51. The Bertz CT molecular complexity index is 1280. The normalized spacial score (nSPS) is 15.1. The Balaban J connectivity index is 1.68. The summed E-state index contributed by atoms with van der Waals surface area (Å²) < 4.78 is 7.28. The maximum absolute atomic E-state index is 13.4. The molecule has 0 spiro atoms. The van der Waals surface area contributed by atoms with Crippen LogP contribution in [0.5, 0.6) is 0 Å². The minimum absolute atomic E-state index is 0.0402. The van der Waals surface area contributed by atoms with Crippen molar-refractivity contribution in [3.63, 3.8) is 0 Å². The smallest absolute Gasteiger partial charge is 0.261 e. The van der Waals surface area contributed by atoms with Gasteiger partial charge in [0.2, 0.25) is 0 Å². The number of nitrogens with zero attached hydrogens (tertiary/aromatic N) is 3. The minimum Gasteiger partial charge on any atom is -0.381 e. The molecule has 0 amide bonds. The molecule has 1 saturated heterocycles. The average Bonchev–Trinajstić information content (AvgIpc) is 2.80. The first-order chi connectivity index (χ1) is 14.7. The molecule has 0 unspecified atom stereocenters. The first kappa shape index (κ1) is 19.3. The van der Waals surface area contributed by atoms with E-state index in [4.69, 9.17) is 9.72 Å². The second-order valence-corrected chi connectivity index (χ2v) is 8.49. The molecule has 1 aliphatic heterocycles. The highest BCUT2D eigenvalue weighted by molar-refractivity contribution is 7.98. The van der Waals surface area contributed by atoms with E-state index in [-0.39, 0.29) is 11.6 Å². The molecular formula is C24H23N3O2S. The lowest BCUT2D eigenvalue weighted by Gasteiger charge is -2.24. The molecule has 152 valence electrons. The number of hydrogen-bond donors (Lipinski definition) is 0. The van der Waals surface area contributed by atoms with Crippen LogP contribution >= 0.6 is 11.8 Å². The van der Waals surface area contributed by atoms with Crippen LogP contribution in [-0.4, -0.2) is 34.0 Å². The minimum atomic E-state index is 0.0402. The Morgan fingerprint density at radius 3 is 2.67 bits per heavy atom. The molecule has 5 rings (SSSR count). The summed E-state index contributed by atoms with van der Waals surface area (Å²) in [5.74, 6) is 0. The lowest BCUT2D eigenvalue weighted by molar-refractivity contribution is 0.0685. The molecule has 0 aliphatic carbocycles. The number of rotatable bonds is 4. The van der Waals surface area contributed by atoms with Crippen LogP contribution in [0.4, 0.5) is 0 Å². The number of aromatic nitrogens is 3. The number of hydrogen-bond acceptors (Lipinski definition) is 5. The van der Waals surface area contributed by atoms with Gasteiger partial charge in [0.1, 0.15) is 0 Å². The molecule has 6 heteroatoms. The maximum Gasteiger partial charge on any atom is 0.261 e. The summed E-state index contributed by atoms with van der Waals surface area (Å²) in [5.41, 5.74) is 3.15. The van der Waals surface area contributed by atoms with Crippen molar-refractivity contribution in [1.29, 1.82) is 0 Å². The molecule has 0 atom stereocenters. The molecule has 0 saturated carbocycles. The van der Waals surface area contributed by atoms with Crippen molar-refractivity contribution in [1.82, 2.24) is 14.5 Å². The van der Waals surface area contributed by atoms with Crippen molar-refractivity contribution in [2.45, 2.75) is 30.3 Å². The van der Waals surface area contributed by atoms with Gasteiger partial charge in [-0.05, 0) is 60.2 Å². The molecule has 5 nitrogen and oxygen atoms in total. The van der Waals surface area contributed by atoms with E-state index in [2.05, 4.69) is 23.2 Å². The quantitative estimate of drug-likeness (QED) is 0.359. The highest BCUT2D eigenvalue weighted by atomic mass is 32.2. The van der Waals surface area contributed by atoms with Gasteiger partial charge in [0.05, 0.1) is 22.3 Å². The number of ether oxygens (including phenoxy) is 1. The van der Waals surface area contributed by atoms with Gasteiger partial charge in [0.15, 0.2) is 0 Å². The molecule has 2 aromatic heterocycles. The Morgan fingerprint density at radius 1 is 1.07 bits per heavy atom. The van der Waals surface area contributed by atoms with Crippen LogP contribution < -0.4 is 5.56 Å². The van der Waals surface area contributed by atoms with Crippen molar-refractivity contribution in [2.75, 3.05) is 19.5 Å². The second kappa shape index (κ2) is 8.20. The zero-order chi connectivity index (χ0) is 20.5. The topological polar surface area (TPSA) is 57.0 Å². The van der Waals surface area contributed by atoms with Gasteiger partial charge in [-0.1, -0.05) is 24.3 Å². The number of benzene rings is 2. The molecule has 4 aromatic rings. The van der Waals surface area contributed by atoms with E-state index < -0.39 is 0 Å². The third kappa shape index (κ3) is 3.50. The summed E-state index contributed by atoms with van der Waals surface area (Å²) >= 11 is 1.64. The van der Waals surface area contributed by atoms with Crippen LogP contribution in [-0.2, 0) is 11.2 Å². The van der Waals surface area contributed by atoms with Gasteiger partial charge in [-0.3, -0.25) is 9.36 Å². The third-order valence-electron chi connectivity index (χ3n) is 5.87. The summed E-state index contributed by atoms with van der Waals surface area (Å²) in [6.45, 7) is 1.38. The van der Waals surface area contributed by atoms with E-state index in [1.807, 2.05) is 41.3 Å². The summed E-state index contributed by atoms with van der Waals surface area (Å²) in [7, 11) is 0. The summed E-state index contributed by atoms with van der Waals surface area (Å²) in [5, 5.41) is 3.86. The summed E-state index contributed by atoms with van der Waals surface area (Å²) in [6, 6.07) is 14.6. The average molecular weight is 418 g/mol. The molecule has 3 heterocycles. The van der Waals surface area contributed by atoms with Crippen molar-refractivity contribution in [3.8, 4) is 0 Å². The largest absolute Gasteiger partial charge is 0.381 e. The van der Waals surface area contributed by atoms with E-state index in [1.165, 1.54) is 5.56 Å². The number of fused-ring (bicyclic) bond motifs is 3. The predicted octanol–water partition coefficient (Wildman–Crippen LogP) is 4.61. The molecular weight excluding hydrogens is 394 g/mol. The fourth-order valence-electron chi connectivity index (χ4n) is 4.31. The zero-order valence-corrected chi connectivity index (χ0v) is 17.7. The lowest BCUT2D eigenvalue weighted by atomic mass is 9.96. The standard InChI is InChI=1S/C24H23N3O2S/c1-30-22-13-16(6-9-25-22)12-17-14-21-23(20-5-3-2-4-19(17)20)26-15-27(24(21)28)18-7-10-29-11-8-18/h2-6,9,13-15,18H,7-8,10-12H2,1H3. The van der Waals surface area contributed by atoms with Crippen molar-refractivity contribution in [3.05, 3.63) is 76.5 Å². The fourth-order valence-corrected chi connectivity index (χ4v) is 4.75. The van der Waals surface area contributed by atoms with Gasteiger partial charge in [0, 0.05) is 30.8 Å². The lowest BCUT2D eigenvalue weighted by Crippen LogP contribution is -2.29. The second-order valence-electron chi connectivity index (χ2n) is 7.66. The molecule has 1 fully saturated rings. The van der Waals surface area contributed by atoms with Crippen molar-refractivity contribution in [2.24, 2.45) is 0 Å². The molecule has 0 bridgehead atoms. The van der Waals surface area contributed by atoms with Gasteiger partial charge in [-0.15, -0.1) is 11.8 Å². The summed E-state index contributed by atoms with van der Waals surface area (Å²) in [4.78, 5) is 22.6. The molecule has 2 aromatic carbocycles. The Hall–Kier alpha value is -2.70. The van der Waals surface area contributed by atoms with E-state index in [0.717, 1.165) is 46.1 Å². The van der Waals surface area contributed by atoms with Crippen LogP contribution in [0.2, 0.25) is 0 Å². The Labute approximate surface area is 179 Å². The van der Waals surface area contributed by atoms with Crippen LogP contribution in [0.15, 0.2) is 64.8 Å². The fraction of sp³-hybridized carbons (Fsp3) is 0.292. The monoisotopic (exact) mass is 417 g/mol. The zero-order valence-electron chi connectivity index (χ0n) is 16.9. The van der Waals surface area contributed by atoms with E-state index in [1.54, 1.807) is 18.1 Å². The van der Waals surface area contributed by atoms with E-state index in [9.17, 15) is 4.79 Å². The highest BCUT2D eigenvalue weighted by Gasteiger charge is 2.19. The predicted molar refractivity (Wildman–Crippen MR) is 121 cm³/mol. The van der Waals surface area contributed by atoms with Crippen molar-refractivity contribution >= 4 is 33.4 Å². The SMILES string of the molecule is CSc1cc(Cc2cc3c(=O)n(C4CCOCC4)cnc3c3ccccc23)ccn1. The van der Waals surface area contributed by atoms with Gasteiger partial charge in [-0.2, -0.15) is 0 Å². The maximum atomic E-state index is 13.4. The molecule has 0 N–H and O–H groups in total. The number of thioether (sulfide) groups is 1. The Morgan fingerprint density at radius 2 is 1.87 bits per heavy atom. The van der Waals surface area contributed by atoms with Crippen LogP contribution in [0, 0.1) is 0 Å². The van der Waals surface area contributed by atoms with Gasteiger partial charge in [-0.25, -0.2) is 9.97 Å². The molecule has 0 radical (unpaired) electrons. The first-order valence-corrected chi connectivity index (χ1v) is 11.4. The molecule has 30 heavy (non-hydrogen) atoms.